The number of phenolic OH excluding ortho intramolecular Hbond substituents is 1. The van der Waals surface area contributed by atoms with Gasteiger partial charge in [0, 0.05) is 24.8 Å². The van der Waals surface area contributed by atoms with Crippen molar-refractivity contribution in [3.8, 4) is 5.75 Å². The third kappa shape index (κ3) is 7.68. The van der Waals surface area contributed by atoms with Crippen LogP contribution in [0.1, 0.15) is 58.5 Å². The number of anilines is 2. The number of hydrogen-bond acceptors (Lipinski definition) is 9. The van der Waals surface area contributed by atoms with Gasteiger partial charge in [0.25, 0.3) is 11.8 Å². The first-order chi connectivity index (χ1) is 21.2. The predicted octanol–water partition coefficient (Wildman–Crippen LogP) is 4.04. The summed E-state index contributed by atoms with van der Waals surface area (Å²) in [5, 5.41) is 19.2. The first-order valence-electron chi connectivity index (χ1n) is 14.1. The molecule has 0 saturated carbocycles. The maximum absolute atomic E-state index is 13.7. The van der Waals surface area contributed by atoms with E-state index >= 15 is 0 Å². The standard InChI is InChI=1S/C31H34N6O7/c1-4-12-32-29(40)22-9-6-20(3)25(15-22)37(31(42)44-19-43-27(39)14-21-7-10-24(38)11-8-21)28-26-16-23(30(41)33-13-5-2)17-36(26)35-18-34-28/h6-11,15-18,38H,4-5,12-14,19H2,1-3H3,(H,32,40)(H,33,41). The number of carbonyl (C=O) groups is 4. The van der Waals surface area contributed by atoms with E-state index in [4.69, 9.17) is 9.47 Å². The summed E-state index contributed by atoms with van der Waals surface area (Å²) in [6, 6.07) is 12.5. The minimum atomic E-state index is -0.949. The monoisotopic (exact) mass is 602 g/mol. The fraction of sp³-hybridized carbons (Fsp3) is 0.290. The molecule has 13 nitrogen and oxygen atoms in total. The first-order valence-corrected chi connectivity index (χ1v) is 14.1. The van der Waals surface area contributed by atoms with Crippen LogP contribution in [0, 0.1) is 6.92 Å². The van der Waals surface area contributed by atoms with E-state index in [1.54, 1.807) is 37.3 Å². The Morgan fingerprint density at radius 2 is 1.59 bits per heavy atom. The lowest BCUT2D eigenvalue weighted by atomic mass is 10.1. The third-order valence-electron chi connectivity index (χ3n) is 6.51. The van der Waals surface area contributed by atoms with Crippen molar-refractivity contribution in [1.29, 1.82) is 0 Å². The number of aryl methyl sites for hydroxylation is 1. The fourth-order valence-electron chi connectivity index (χ4n) is 4.23. The van der Waals surface area contributed by atoms with Gasteiger partial charge in [-0.05, 0) is 61.2 Å². The smallest absolute Gasteiger partial charge is 0.423 e. The van der Waals surface area contributed by atoms with E-state index in [2.05, 4.69) is 20.7 Å². The molecule has 3 amide bonds. The van der Waals surface area contributed by atoms with Gasteiger partial charge in [0.1, 0.15) is 17.6 Å². The molecule has 13 heteroatoms. The van der Waals surface area contributed by atoms with Gasteiger partial charge in [-0.2, -0.15) is 5.10 Å². The molecule has 4 aromatic rings. The van der Waals surface area contributed by atoms with Gasteiger partial charge in [0.2, 0.25) is 6.79 Å². The van der Waals surface area contributed by atoms with Gasteiger partial charge >= 0.3 is 12.1 Å². The van der Waals surface area contributed by atoms with Crippen molar-refractivity contribution in [2.45, 2.75) is 40.0 Å². The minimum Gasteiger partial charge on any atom is -0.508 e. The van der Waals surface area contributed by atoms with Crippen LogP contribution in [-0.2, 0) is 20.7 Å². The molecule has 0 saturated heterocycles. The van der Waals surface area contributed by atoms with Crippen LogP contribution in [0.2, 0.25) is 0 Å². The maximum atomic E-state index is 13.7. The lowest BCUT2D eigenvalue weighted by Crippen LogP contribution is -2.31. The van der Waals surface area contributed by atoms with Crippen molar-refractivity contribution in [3.05, 3.63) is 83.3 Å². The van der Waals surface area contributed by atoms with Crippen molar-refractivity contribution in [3.63, 3.8) is 0 Å². The molecule has 0 bridgehead atoms. The highest BCUT2D eigenvalue weighted by atomic mass is 16.7. The number of nitrogens with zero attached hydrogens (tertiary/aromatic N) is 4. The molecule has 0 radical (unpaired) electrons. The predicted molar refractivity (Wildman–Crippen MR) is 161 cm³/mol. The Kier molecular flexibility index (Phi) is 10.5. The van der Waals surface area contributed by atoms with E-state index in [1.807, 2.05) is 13.8 Å². The molecular weight excluding hydrogens is 568 g/mol. The Morgan fingerprint density at radius 1 is 0.909 bits per heavy atom. The average molecular weight is 603 g/mol. The molecule has 0 spiro atoms. The van der Waals surface area contributed by atoms with Gasteiger partial charge in [-0.1, -0.05) is 32.0 Å². The van der Waals surface area contributed by atoms with E-state index in [0.717, 1.165) is 17.7 Å². The quantitative estimate of drug-likeness (QED) is 0.160. The molecular formula is C31H34N6O7. The number of esters is 1. The van der Waals surface area contributed by atoms with E-state index < -0.39 is 18.9 Å². The Morgan fingerprint density at radius 3 is 2.27 bits per heavy atom. The van der Waals surface area contributed by atoms with Crippen LogP contribution in [0.5, 0.6) is 5.75 Å². The normalized spacial score (nSPS) is 10.7. The van der Waals surface area contributed by atoms with Gasteiger partial charge < -0.3 is 25.2 Å². The second-order valence-electron chi connectivity index (χ2n) is 9.88. The number of aromatic hydroxyl groups is 1. The summed E-state index contributed by atoms with van der Waals surface area (Å²) in [5.41, 5.74) is 2.43. The average Bonchev–Trinajstić information content (AvgIpc) is 3.46. The van der Waals surface area contributed by atoms with Crippen LogP contribution in [-0.4, -0.2) is 63.5 Å². The zero-order chi connectivity index (χ0) is 31.6. The summed E-state index contributed by atoms with van der Waals surface area (Å²) in [6.07, 6.45) is 3.19. The van der Waals surface area contributed by atoms with E-state index in [0.29, 0.717) is 40.9 Å². The second kappa shape index (κ2) is 14.6. The van der Waals surface area contributed by atoms with Crippen molar-refractivity contribution in [2.24, 2.45) is 0 Å². The van der Waals surface area contributed by atoms with E-state index in [-0.39, 0.29) is 35.5 Å². The first kappa shape index (κ1) is 31.5. The lowest BCUT2D eigenvalue weighted by Gasteiger charge is -2.24. The molecule has 0 unspecified atom stereocenters. The summed E-state index contributed by atoms with van der Waals surface area (Å²) in [6.45, 7) is 5.89. The molecule has 2 aromatic heterocycles. The number of ether oxygens (including phenoxy) is 2. The van der Waals surface area contributed by atoms with Crippen molar-refractivity contribution < 1.29 is 33.8 Å². The number of benzene rings is 2. The molecule has 0 aliphatic heterocycles. The number of phenols is 1. The number of carbonyl (C=O) groups excluding carboxylic acids is 4. The highest BCUT2D eigenvalue weighted by molar-refractivity contribution is 6.03. The van der Waals surface area contributed by atoms with Crippen LogP contribution in [0.3, 0.4) is 0 Å². The summed E-state index contributed by atoms with van der Waals surface area (Å²) < 4.78 is 11.9. The van der Waals surface area contributed by atoms with Gasteiger partial charge in [-0.15, -0.1) is 0 Å². The van der Waals surface area contributed by atoms with E-state index in [9.17, 15) is 24.3 Å². The Labute approximate surface area is 253 Å². The summed E-state index contributed by atoms with van der Waals surface area (Å²) in [7, 11) is 0. The number of hydrogen-bond donors (Lipinski definition) is 3. The molecule has 0 atom stereocenters. The van der Waals surface area contributed by atoms with Gasteiger partial charge in [0.15, 0.2) is 5.82 Å². The molecule has 44 heavy (non-hydrogen) atoms. The van der Waals surface area contributed by atoms with Crippen LogP contribution in [0.25, 0.3) is 5.52 Å². The number of rotatable bonds is 12. The molecule has 230 valence electrons. The number of nitrogens with one attached hydrogen (secondary N) is 2. The topological polar surface area (TPSA) is 164 Å². The minimum absolute atomic E-state index is 0.0638. The Hall–Kier alpha value is -5.46. The van der Waals surface area contributed by atoms with E-state index in [1.165, 1.54) is 35.2 Å². The van der Waals surface area contributed by atoms with Crippen LogP contribution < -0.4 is 15.5 Å². The summed E-state index contributed by atoms with van der Waals surface area (Å²) in [4.78, 5) is 57.0. The fourth-order valence-corrected chi connectivity index (χ4v) is 4.23. The Bertz CT molecular complexity index is 1650. The molecule has 4 rings (SSSR count). The van der Waals surface area contributed by atoms with Crippen LogP contribution in [0.4, 0.5) is 16.3 Å². The Balaban J connectivity index is 1.66. The van der Waals surface area contributed by atoms with Gasteiger partial charge in [-0.3, -0.25) is 14.4 Å². The van der Waals surface area contributed by atoms with Crippen molar-refractivity contribution in [2.75, 3.05) is 24.8 Å². The van der Waals surface area contributed by atoms with Gasteiger partial charge in [0.05, 0.1) is 17.7 Å². The summed E-state index contributed by atoms with van der Waals surface area (Å²) >= 11 is 0. The second-order valence-corrected chi connectivity index (χ2v) is 9.88. The molecule has 0 fully saturated rings. The number of aromatic nitrogens is 3. The number of amides is 3. The van der Waals surface area contributed by atoms with Crippen molar-refractivity contribution in [1.82, 2.24) is 25.2 Å². The molecule has 0 aliphatic carbocycles. The highest BCUT2D eigenvalue weighted by Gasteiger charge is 2.27. The third-order valence-corrected chi connectivity index (χ3v) is 6.51. The lowest BCUT2D eigenvalue weighted by molar-refractivity contribution is -0.150. The van der Waals surface area contributed by atoms with Crippen LogP contribution in [0.15, 0.2) is 61.1 Å². The largest absolute Gasteiger partial charge is 0.508 e. The molecule has 2 aromatic carbocycles. The zero-order valence-electron chi connectivity index (χ0n) is 24.7. The summed E-state index contributed by atoms with van der Waals surface area (Å²) in [5.74, 6) is -1.16. The molecule has 3 N–H and O–H groups in total. The molecule has 2 heterocycles. The molecule has 0 aliphatic rings. The highest BCUT2D eigenvalue weighted by Crippen LogP contribution is 2.32. The van der Waals surface area contributed by atoms with Gasteiger partial charge in [-0.25, -0.2) is 19.2 Å². The SMILES string of the molecule is CCCNC(=O)c1ccc(C)c(N(C(=O)OCOC(=O)Cc2ccc(O)cc2)c2ncnn3cc(C(=O)NCCC)cc23)c1. The van der Waals surface area contributed by atoms with Crippen LogP contribution >= 0.6 is 0 Å². The zero-order valence-corrected chi connectivity index (χ0v) is 24.7. The number of fused-ring (bicyclic) bond motifs is 1. The van der Waals surface area contributed by atoms with Crippen molar-refractivity contribution >= 4 is 40.9 Å². The maximum Gasteiger partial charge on any atom is 0.423 e.